The van der Waals surface area contributed by atoms with E-state index < -0.39 is 5.60 Å². The van der Waals surface area contributed by atoms with Gasteiger partial charge in [0.15, 0.2) is 0 Å². The van der Waals surface area contributed by atoms with E-state index in [4.69, 9.17) is 4.74 Å². The monoisotopic (exact) mass is 440 g/mol. The predicted octanol–water partition coefficient (Wildman–Crippen LogP) is 7.61. The summed E-state index contributed by atoms with van der Waals surface area (Å²) >= 11 is 0. The Kier molecular flexibility index (Phi) is 5.77. The molecule has 180 valence electrons. The van der Waals surface area contributed by atoms with Crippen molar-refractivity contribution in [3.8, 4) is 0 Å². The first-order valence-corrected chi connectivity index (χ1v) is 13.8. The van der Waals surface area contributed by atoms with Gasteiger partial charge in [-0.3, -0.25) is 0 Å². The highest BCUT2D eigenvalue weighted by Crippen LogP contribution is 2.59. The maximum Gasteiger partial charge on any atom is 0.0920 e. The Morgan fingerprint density at radius 2 is 1.75 bits per heavy atom. The number of rotatable bonds is 3. The van der Waals surface area contributed by atoms with Gasteiger partial charge in [0.05, 0.1) is 17.3 Å². The van der Waals surface area contributed by atoms with Crippen molar-refractivity contribution in [2.24, 2.45) is 35.0 Å². The molecule has 0 radical (unpaired) electrons. The van der Waals surface area contributed by atoms with Crippen molar-refractivity contribution in [2.75, 3.05) is 0 Å². The van der Waals surface area contributed by atoms with Gasteiger partial charge in [-0.15, -0.1) is 0 Å². The van der Waals surface area contributed by atoms with Crippen LogP contribution in [0.5, 0.6) is 0 Å². The molecule has 0 aromatic carbocycles. The van der Waals surface area contributed by atoms with Crippen LogP contribution in [-0.2, 0) is 4.74 Å². The summed E-state index contributed by atoms with van der Waals surface area (Å²) in [5.74, 6) is 3.36. The summed E-state index contributed by atoms with van der Waals surface area (Å²) in [6, 6.07) is 0. The summed E-state index contributed by atoms with van der Waals surface area (Å²) in [6.07, 6.45) is 16.2. The molecule has 1 saturated heterocycles. The molecule has 1 N–H and O–H groups in total. The second-order valence-electron chi connectivity index (χ2n) is 13.6. The van der Waals surface area contributed by atoms with Crippen LogP contribution >= 0.6 is 0 Å². The second kappa shape index (κ2) is 7.98. The first-order chi connectivity index (χ1) is 15.0. The number of fused-ring (bicyclic) bond motifs is 2. The van der Waals surface area contributed by atoms with Crippen LogP contribution in [0.15, 0.2) is 22.8 Å². The first kappa shape index (κ1) is 23.2. The first-order valence-electron chi connectivity index (χ1n) is 13.8. The van der Waals surface area contributed by atoms with Gasteiger partial charge in [0.25, 0.3) is 0 Å². The van der Waals surface area contributed by atoms with Gasteiger partial charge < -0.3 is 9.84 Å². The maximum atomic E-state index is 11.8. The summed E-state index contributed by atoms with van der Waals surface area (Å²) in [4.78, 5) is 0. The van der Waals surface area contributed by atoms with Gasteiger partial charge in [0.1, 0.15) is 0 Å². The molecule has 32 heavy (non-hydrogen) atoms. The Morgan fingerprint density at radius 1 is 1.00 bits per heavy atom. The van der Waals surface area contributed by atoms with E-state index in [0.29, 0.717) is 23.4 Å². The van der Waals surface area contributed by atoms with E-state index in [1.54, 1.807) is 16.7 Å². The van der Waals surface area contributed by atoms with E-state index in [0.717, 1.165) is 30.6 Å². The van der Waals surface area contributed by atoms with E-state index in [2.05, 4.69) is 47.6 Å². The topological polar surface area (TPSA) is 32.8 Å². The number of hydrogen-bond donors (Lipinski definition) is 1. The molecule has 5 rings (SSSR count). The Morgan fingerprint density at radius 3 is 2.50 bits per heavy atom. The maximum absolute atomic E-state index is 11.8. The normalized spacial score (nSPS) is 46.5. The van der Waals surface area contributed by atoms with E-state index in [1.807, 2.05) is 0 Å². The molecule has 0 amide bonds. The van der Waals surface area contributed by atoms with Crippen LogP contribution in [0.2, 0.25) is 0 Å². The molecule has 0 bridgehead atoms. The summed E-state index contributed by atoms with van der Waals surface area (Å²) < 4.78 is 6.14. The van der Waals surface area contributed by atoms with Crippen LogP contribution in [-0.4, -0.2) is 22.4 Å². The third kappa shape index (κ3) is 4.06. The molecule has 2 nitrogen and oxygen atoms in total. The molecule has 2 saturated carbocycles. The fourth-order valence-corrected chi connectivity index (χ4v) is 8.23. The SMILES string of the molecule is CC1CCC(C(C)(O)CC=C2CCC3OC3(C)CCC3C2CC3(C)C)CC2=C1CCC2C. The van der Waals surface area contributed by atoms with Gasteiger partial charge in [0.2, 0.25) is 0 Å². The summed E-state index contributed by atoms with van der Waals surface area (Å²) in [5, 5.41) is 11.8. The van der Waals surface area contributed by atoms with Crippen molar-refractivity contribution in [3.63, 3.8) is 0 Å². The zero-order valence-electron chi connectivity index (χ0n) is 21.7. The lowest BCUT2D eigenvalue weighted by atomic mass is 9.52. The Labute approximate surface area is 197 Å². The molecule has 0 aromatic rings. The lowest BCUT2D eigenvalue weighted by Gasteiger charge is -2.53. The summed E-state index contributed by atoms with van der Waals surface area (Å²) in [7, 11) is 0. The molecule has 0 spiro atoms. The molecule has 0 aromatic heterocycles. The zero-order valence-corrected chi connectivity index (χ0v) is 21.7. The van der Waals surface area contributed by atoms with Crippen LogP contribution in [0, 0.1) is 35.0 Å². The summed E-state index contributed by atoms with van der Waals surface area (Å²) in [6.45, 7) is 14.2. The van der Waals surface area contributed by atoms with Gasteiger partial charge in [-0.2, -0.15) is 0 Å². The highest BCUT2D eigenvalue weighted by molar-refractivity contribution is 5.27. The molecule has 1 heterocycles. The minimum atomic E-state index is -0.602. The average Bonchev–Trinajstić information content (AvgIpc) is 3.26. The minimum absolute atomic E-state index is 0.150. The van der Waals surface area contributed by atoms with E-state index >= 15 is 0 Å². The van der Waals surface area contributed by atoms with E-state index in [-0.39, 0.29) is 5.60 Å². The molecule has 3 fully saturated rings. The van der Waals surface area contributed by atoms with Crippen molar-refractivity contribution < 1.29 is 9.84 Å². The number of hydrogen-bond acceptors (Lipinski definition) is 2. The van der Waals surface area contributed by atoms with Crippen molar-refractivity contribution in [1.82, 2.24) is 0 Å². The Hall–Kier alpha value is -0.600. The molecule has 1 aliphatic heterocycles. The number of allylic oxidation sites excluding steroid dienone is 3. The van der Waals surface area contributed by atoms with Crippen LogP contribution in [0.1, 0.15) is 112 Å². The molecular weight excluding hydrogens is 392 g/mol. The van der Waals surface area contributed by atoms with Gasteiger partial charge in [0, 0.05) is 0 Å². The van der Waals surface area contributed by atoms with E-state index in [1.165, 1.54) is 57.8 Å². The number of epoxide rings is 1. The second-order valence-corrected chi connectivity index (χ2v) is 13.6. The van der Waals surface area contributed by atoms with Gasteiger partial charge in [-0.25, -0.2) is 0 Å². The van der Waals surface area contributed by atoms with E-state index in [9.17, 15) is 5.11 Å². The van der Waals surface area contributed by atoms with Gasteiger partial charge >= 0.3 is 0 Å². The van der Waals surface area contributed by atoms with Crippen LogP contribution in [0.3, 0.4) is 0 Å². The Balaban J connectivity index is 1.32. The van der Waals surface area contributed by atoms with Crippen LogP contribution < -0.4 is 0 Å². The highest BCUT2D eigenvalue weighted by Gasteiger charge is 2.56. The third-order valence-corrected chi connectivity index (χ3v) is 10.9. The number of aliphatic hydroxyl groups is 1. The van der Waals surface area contributed by atoms with Gasteiger partial charge in [-0.1, -0.05) is 50.5 Å². The quantitative estimate of drug-likeness (QED) is 0.362. The third-order valence-electron chi connectivity index (χ3n) is 10.9. The van der Waals surface area contributed by atoms with Crippen molar-refractivity contribution in [2.45, 2.75) is 129 Å². The van der Waals surface area contributed by atoms with Crippen molar-refractivity contribution in [1.29, 1.82) is 0 Å². The number of ether oxygens (including phenoxy) is 1. The fourth-order valence-electron chi connectivity index (χ4n) is 8.23. The lowest BCUT2D eigenvalue weighted by molar-refractivity contribution is -0.00945. The summed E-state index contributed by atoms with van der Waals surface area (Å²) in [5.41, 5.74) is 5.10. The Bertz CT molecular complexity index is 802. The smallest absolute Gasteiger partial charge is 0.0920 e. The molecule has 4 aliphatic carbocycles. The fraction of sp³-hybridized carbons (Fsp3) is 0.867. The largest absolute Gasteiger partial charge is 0.390 e. The van der Waals surface area contributed by atoms with Gasteiger partial charge in [-0.05, 0) is 119 Å². The average molecular weight is 441 g/mol. The van der Waals surface area contributed by atoms with Crippen molar-refractivity contribution in [3.05, 3.63) is 22.8 Å². The van der Waals surface area contributed by atoms with Crippen molar-refractivity contribution >= 4 is 0 Å². The standard InChI is InChI=1S/C30H48O2/c1-19-7-10-22(17-24-20(2)8-11-23(19)24)29(5,31)15-13-21-9-12-27-30(6,32-27)16-14-26-25(21)18-28(26,3)4/h13,19-20,22,25-27,31H,7-12,14-18H2,1-6H3. The predicted molar refractivity (Wildman–Crippen MR) is 132 cm³/mol. The van der Waals surface area contributed by atoms with Crippen LogP contribution in [0.4, 0.5) is 0 Å². The molecular formula is C30H48O2. The molecule has 8 unspecified atom stereocenters. The molecule has 2 heteroatoms. The lowest BCUT2D eigenvalue weighted by Crippen LogP contribution is -2.45. The molecule has 5 aliphatic rings. The highest BCUT2D eigenvalue weighted by atomic mass is 16.6. The minimum Gasteiger partial charge on any atom is -0.390 e. The van der Waals surface area contributed by atoms with Crippen LogP contribution in [0.25, 0.3) is 0 Å². The molecule has 8 atom stereocenters. The zero-order chi connectivity index (χ0) is 22.9.